The van der Waals surface area contributed by atoms with Crippen LogP contribution in [0.15, 0.2) is 0 Å². The van der Waals surface area contributed by atoms with Gasteiger partial charge in [-0.2, -0.15) is 0 Å². The number of primary sulfonamides is 1. The zero-order valence-corrected chi connectivity index (χ0v) is 6.54. The van der Waals surface area contributed by atoms with E-state index >= 15 is 0 Å². The molecule has 0 saturated heterocycles. The molecule has 0 unspecified atom stereocenters. The molecule has 0 aromatic heterocycles. The van der Waals surface area contributed by atoms with Crippen molar-refractivity contribution in [3.05, 3.63) is 0 Å². The summed E-state index contributed by atoms with van der Waals surface area (Å²) in [6.45, 7) is 0. The highest BCUT2D eigenvalue weighted by Gasteiger charge is 2.40. The van der Waals surface area contributed by atoms with Crippen molar-refractivity contribution in [2.45, 2.75) is 18.1 Å². The van der Waals surface area contributed by atoms with Gasteiger partial charge in [-0.05, 0) is 12.8 Å². The van der Waals surface area contributed by atoms with Crippen LogP contribution in [-0.2, 0) is 14.8 Å². The number of hydrogen-bond donors (Lipinski definition) is 2. The van der Waals surface area contributed by atoms with Crippen LogP contribution >= 0.6 is 0 Å². The SMILES string of the molecule is NS(=O)(=O)[C@H]1C[C@H](C(=O)O)C1. The highest BCUT2D eigenvalue weighted by molar-refractivity contribution is 7.89. The third-order valence-electron chi connectivity index (χ3n) is 1.91. The number of carbonyl (C=O) groups is 1. The minimum Gasteiger partial charge on any atom is -0.481 e. The second-order valence-corrected chi connectivity index (χ2v) is 4.56. The lowest BCUT2D eigenvalue weighted by atomic mass is 9.85. The zero-order valence-electron chi connectivity index (χ0n) is 5.73. The highest BCUT2D eigenvalue weighted by atomic mass is 32.2. The summed E-state index contributed by atoms with van der Waals surface area (Å²) in [6, 6.07) is 0. The number of aliphatic carboxylic acids is 1. The molecule has 0 spiro atoms. The molecule has 1 aliphatic rings. The van der Waals surface area contributed by atoms with Crippen molar-refractivity contribution >= 4 is 16.0 Å². The van der Waals surface area contributed by atoms with Crippen LogP contribution in [0.2, 0.25) is 0 Å². The van der Waals surface area contributed by atoms with Gasteiger partial charge in [0.1, 0.15) is 0 Å². The molecule has 64 valence electrons. The Kier molecular flexibility index (Phi) is 1.89. The van der Waals surface area contributed by atoms with Crippen molar-refractivity contribution < 1.29 is 18.3 Å². The predicted octanol–water partition coefficient (Wildman–Crippen LogP) is -0.862. The molecule has 3 N–H and O–H groups in total. The fraction of sp³-hybridized carbons (Fsp3) is 0.800. The van der Waals surface area contributed by atoms with Crippen LogP contribution in [0.25, 0.3) is 0 Å². The van der Waals surface area contributed by atoms with E-state index < -0.39 is 27.2 Å². The third kappa shape index (κ3) is 1.69. The number of hydrogen-bond acceptors (Lipinski definition) is 3. The lowest BCUT2D eigenvalue weighted by Gasteiger charge is -2.29. The normalized spacial score (nSPS) is 31.0. The first kappa shape index (κ1) is 8.48. The van der Waals surface area contributed by atoms with Gasteiger partial charge in [0.25, 0.3) is 0 Å². The van der Waals surface area contributed by atoms with Crippen molar-refractivity contribution in [3.63, 3.8) is 0 Å². The van der Waals surface area contributed by atoms with Gasteiger partial charge in [-0.1, -0.05) is 0 Å². The van der Waals surface area contributed by atoms with Gasteiger partial charge in [-0.25, -0.2) is 13.6 Å². The molecule has 1 rings (SSSR count). The first-order chi connectivity index (χ1) is 4.91. The van der Waals surface area contributed by atoms with Crippen LogP contribution in [0.5, 0.6) is 0 Å². The van der Waals surface area contributed by atoms with E-state index in [1.54, 1.807) is 0 Å². The Hall–Kier alpha value is -0.620. The van der Waals surface area contributed by atoms with Crippen molar-refractivity contribution in [2.24, 2.45) is 11.1 Å². The van der Waals surface area contributed by atoms with Crippen molar-refractivity contribution in [1.82, 2.24) is 0 Å². The van der Waals surface area contributed by atoms with Gasteiger partial charge in [-0.15, -0.1) is 0 Å². The molecule has 0 bridgehead atoms. The van der Waals surface area contributed by atoms with E-state index in [4.69, 9.17) is 10.2 Å². The number of carboxylic acid groups (broad SMARTS) is 1. The molecule has 5 nitrogen and oxygen atoms in total. The molecule has 6 heteroatoms. The summed E-state index contributed by atoms with van der Waals surface area (Å²) in [5.74, 6) is -1.46. The molecule has 0 atom stereocenters. The summed E-state index contributed by atoms with van der Waals surface area (Å²) < 4.78 is 21.1. The van der Waals surface area contributed by atoms with E-state index in [1.807, 2.05) is 0 Å². The van der Waals surface area contributed by atoms with Crippen LogP contribution in [0.3, 0.4) is 0 Å². The maximum absolute atomic E-state index is 10.6. The second kappa shape index (κ2) is 2.46. The molecule has 11 heavy (non-hydrogen) atoms. The summed E-state index contributed by atoms with van der Waals surface area (Å²) in [6.07, 6.45) is 0.322. The van der Waals surface area contributed by atoms with Crippen molar-refractivity contribution in [3.8, 4) is 0 Å². The van der Waals surface area contributed by atoms with Gasteiger partial charge < -0.3 is 5.11 Å². The summed E-state index contributed by atoms with van der Waals surface area (Å²) in [4.78, 5) is 10.2. The smallest absolute Gasteiger partial charge is 0.306 e. The quantitative estimate of drug-likeness (QED) is 0.576. The van der Waals surface area contributed by atoms with Crippen LogP contribution in [0.4, 0.5) is 0 Å². The Bertz CT molecular complexity index is 264. The molecule has 0 aromatic carbocycles. The molecule has 0 aromatic rings. The van der Waals surface area contributed by atoms with Gasteiger partial charge in [0.05, 0.1) is 11.2 Å². The summed E-state index contributed by atoms with van der Waals surface area (Å²) in [5.41, 5.74) is 0. The first-order valence-corrected chi connectivity index (χ1v) is 4.76. The summed E-state index contributed by atoms with van der Waals surface area (Å²) in [7, 11) is -3.50. The maximum atomic E-state index is 10.6. The van der Waals surface area contributed by atoms with Gasteiger partial charge in [0.15, 0.2) is 0 Å². The monoisotopic (exact) mass is 179 g/mol. The Morgan fingerprint density at radius 1 is 1.45 bits per heavy atom. The number of rotatable bonds is 2. The van der Waals surface area contributed by atoms with Gasteiger partial charge in [0, 0.05) is 0 Å². The number of nitrogens with two attached hydrogens (primary N) is 1. The van der Waals surface area contributed by atoms with Crippen LogP contribution in [0.1, 0.15) is 12.8 Å². The average molecular weight is 179 g/mol. The van der Waals surface area contributed by atoms with E-state index in [1.165, 1.54) is 0 Å². The molecule has 0 heterocycles. The van der Waals surface area contributed by atoms with E-state index in [2.05, 4.69) is 0 Å². The van der Waals surface area contributed by atoms with Gasteiger partial charge in [0.2, 0.25) is 10.0 Å². The van der Waals surface area contributed by atoms with Gasteiger partial charge >= 0.3 is 5.97 Å². The molecule has 1 aliphatic carbocycles. The minimum atomic E-state index is -3.50. The molecule has 0 radical (unpaired) electrons. The van der Waals surface area contributed by atoms with Crippen LogP contribution in [-0.4, -0.2) is 24.7 Å². The van der Waals surface area contributed by atoms with Gasteiger partial charge in [-0.3, -0.25) is 4.79 Å². The molecular weight excluding hydrogens is 170 g/mol. The lowest BCUT2D eigenvalue weighted by Crippen LogP contribution is -2.42. The van der Waals surface area contributed by atoms with E-state index in [0.29, 0.717) is 0 Å². The Labute approximate surface area is 64.2 Å². The average Bonchev–Trinajstić information content (AvgIpc) is 1.51. The standard InChI is InChI=1S/C5H9NO4S/c6-11(9,10)4-1-3(2-4)5(7)8/h3-4H,1-2H2,(H,7,8)(H2,6,9,10)/t3-,4-. The number of sulfonamides is 1. The van der Waals surface area contributed by atoms with E-state index in [0.717, 1.165) is 0 Å². The van der Waals surface area contributed by atoms with E-state index in [-0.39, 0.29) is 12.8 Å². The fourth-order valence-electron chi connectivity index (χ4n) is 1.04. The second-order valence-electron chi connectivity index (χ2n) is 2.72. The lowest BCUT2D eigenvalue weighted by molar-refractivity contribution is -0.144. The maximum Gasteiger partial charge on any atom is 0.306 e. The topological polar surface area (TPSA) is 97.5 Å². The zero-order chi connectivity index (χ0) is 8.65. The van der Waals surface area contributed by atoms with Crippen LogP contribution in [0, 0.1) is 5.92 Å². The summed E-state index contributed by atoms with van der Waals surface area (Å²) in [5, 5.41) is 12.5. The predicted molar refractivity (Wildman–Crippen MR) is 37.3 cm³/mol. The Morgan fingerprint density at radius 3 is 2.18 bits per heavy atom. The van der Waals surface area contributed by atoms with Crippen molar-refractivity contribution in [2.75, 3.05) is 0 Å². The number of carboxylic acids is 1. The Balaban J connectivity index is 2.48. The molecule has 1 fully saturated rings. The Morgan fingerprint density at radius 2 is 1.91 bits per heavy atom. The molecule has 0 aliphatic heterocycles. The molecule has 1 saturated carbocycles. The fourth-order valence-corrected chi connectivity index (χ4v) is 2.04. The third-order valence-corrected chi connectivity index (χ3v) is 3.22. The minimum absolute atomic E-state index is 0.161. The highest BCUT2D eigenvalue weighted by Crippen LogP contribution is 2.31. The van der Waals surface area contributed by atoms with Crippen molar-refractivity contribution in [1.29, 1.82) is 0 Å². The molecule has 0 amide bonds. The largest absolute Gasteiger partial charge is 0.481 e. The first-order valence-electron chi connectivity index (χ1n) is 3.15. The summed E-state index contributed by atoms with van der Waals surface area (Å²) >= 11 is 0. The van der Waals surface area contributed by atoms with Crippen LogP contribution < -0.4 is 5.14 Å². The van der Waals surface area contributed by atoms with E-state index in [9.17, 15) is 13.2 Å². The molecular formula is C5H9NO4S.